The van der Waals surface area contributed by atoms with Gasteiger partial charge in [0, 0.05) is 28.2 Å². The first kappa shape index (κ1) is 15.0. The molecule has 0 atom stereocenters. The van der Waals surface area contributed by atoms with Crippen LogP contribution in [-0.4, -0.2) is 27.0 Å². The van der Waals surface area contributed by atoms with E-state index in [1.807, 2.05) is 0 Å². The number of non-ortho nitro benzene ring substituents is 1. The Bertz CT molecular complexity index is 754. The lowest BCUT2D eigenvalue weighted by molar-refractivity contribution is -0.384. The van der Waals surface area contributed by atoms with E-state index in [9.17, 15) is 24.8 Å². The second-order valence-electron chi connectivity index (χ2n) is 4.32. The zero-order chi connectivity index (χ0) is 16.3. The van der Waals surface area contributed by atoms with Gasteiger partial charge < -0.3 is 15.5 Å². The van der Waals surface area contributed by atoms with Crippen LogP contribution in [-0.2, 0) is 0 Å². The molecule has 0 aromatic heterocycles. The highest BCUT2D eigenvalue weighted by Crippen LogP contribution is 2.22. The number of nitro benzene ring substituents is 1. The van der Waals surface area contributed by atoms with E-state index in [4.69, 9.17) is 5.11 Å². The van der Waals surface area contributed by atoms with Gasteiger partial charge in [0.1, 0.15) is 5.75 Å². The fourth-order valence-corrected chi connectivity index (χ4v) is 1.73. The number of nitrogens with zero attached hydrogens (tertiary/aromatic N) is 1. The molecule has 0 unspecified atom stereocenters. The molecule has 8 nitrogen and oxygen atoms in total. The summed E-state index contributed by atoms with van der Waals surface area (Å²) in [5.41, 5.74) is 0.0407. The van der Waals surface area contributed by atoms with Crippen LogP contribution < -0.4 is 5.32 Å². The smallest absolute Gasteiger partial charge is 0.553 e. The van der Waals surface area contributed by atoms with Crippen LogP contribution >= 0.6 is 0 Å². The second kappa shape index (κ2) is 5.92. The van der Waals surface area contributed by atoms with Crippen LogP contribution in [0.2, 0.25) is 0 Å². The summed E-state index contributed by atoms with van der Waals surface area (Å²) >= 11 is 0. The number of carbonyl (C=O) groups excluding carboxylic acids is 2. The van der Waals surface area contributed by atoms with Gasteiger partial charge in [-0.05, 0) is 30.3 Å². The molecule has 112 valence electrons. The van der Waals surface area contributed by atoms with Crippen molar-refractivity contribution in [1.82, 2.24) is 0 Å². The lowest BCUT2D eigenvalue weighted by Gasteiger charge is -2.06. The quantitative estimate of drug-likeness (QED) is 0.381. The largest absolute Gasteiger partial charge is 0.561 e. The van der Waals surface area contributed by atoms with Gasteiger partial charge in [-0.25, -0.2) is 0 Å². The van der Waals surface area contributed by atoms with E-state index >= 15 is 0 Å². The Morgan fingerprint density at radius 3 is 2.32 bits per heavy atom. The summed E-state index contributed by atoms with van der Waals surface area (Å²) in [5.74, 6) is -1.97. The first-order valence-corrected chi connectivity index (χ1v) is 6.03. The molecule has 0 aliphatic rings. The fourth-order valence-electron chi connectivity index (χ4n) is 1.73. The number of phenols is 1. The van der Waals surface area contributed by atoms with Crippen molar-refractivity contribution in [2.24, 2.45) is 0 Å². The van der Waals surface area contributed by atoms with Gasteiger partial charge in [-0.3, -0.25) is 14.9 Å². The minimum atomic E-state index is -1.08. The number of phenolic OH excluding ortho intramolecular Hbond substituents is 1. The number of nitrogens with one attached hydrogen (secondary N) is 1. The molecule has 2 aromatic carbocycles. The molecule has 1 amide bonds. The van der Waals surface area contributed by atoms with Crippen LogP contribution in [0.5, 0.6) is 5.75 Å². The summed E-state index contributed by atoms with van der Waals surface area (Å²) in [5, 5.41) is 29.4. The summed E-state index contributed by atoms with van der Waals surface area (Å²) in [6, 6.07) is 8.72. The van der Waals surface area contributed by atoms with Crippen LogP contribution in [0, 0.1) is 10.1 Å². The summed E-state index contributed by atoms with van der Waals surface area (Å²) in [4.78, 5) is 33.0. The normalized spacial score (nSPS) is 10.0. The minimum absolute atomic E-state index is 0.136. The number of anilines is 1. The maximum absolute atomic E-state index is 12.0. The molecular weight excluding hydrogens is 292 g/mol. The molecular formula is C14H11N2O6+. The SMILES string of the molecule is O=C(Nc1ccc(O)c(C(=O)[OH2+])c1)c1ccc([N+](=O)[O-])cc1. The molecule has 0 saturated carbocycles. The van der Waals surface area contributed by atoms with Crippen LogP contribution in [0.3, 0.4) is 0 Å². The number of carbonyl (C=O) groups is 2. The topological polar surface area (TPSA) is 132 Å². The minimum Gasteiger partial charge on any atom is -0.561 e. The number of aromatic hydroxyl groups is 1. The third-order valence-corrected chi connectivity index (χ3v) is 2.84. The standard InChI is InChI=1S/C14H10N2O6/c17-12-6-3-9(7-11(12)14(19)20)15-13(18)8-1-4-10(5-2-8)16(21)22/h1-7,17H,(H,15,18)(H,19,20)/p+1. The molecule has 0 radical (unpaired) electrons. The number of hydrogen-bond acceptors (Lipinski definition) is 5. The van der Waals surface area contributed by atoms with E-state index in [1.54, 1.807) is 0 Å². The van der Waals surface area contributed by atoms with Gasteiger partial charge in [-0.15, -0.1) is 0 Å². The Kier molecular flexibility index (Phi) is 4.03. The molecule has 0 aliphatic carbocycles. The van der Waals surface area contributed by atoms with Crippen molar-refractivity contribution in [3.63, 3.8) is 0 Å². The Morgan fingerprint density at radius 1 is 1.14 bits per heavy atom. The van der Waals surface area contributed by atoms with E-state index in [2.05, 4.69) is 5.32 Å². The van der Waals surface area contributed by atoms with Crippen molar-refractivity contribution >= 4 is 23.3 Å². The Balaban J connectivity index is 2.20. The van der Waals surface area contributed by atoms with Crippen LogP contribution in [0.15, 0.2) is 42.5 Å². The summed E-state index contributed by atoms with van der Waals surface area (Å²) < 4.78 is 0. The molecule has 2 rings (SSSR count). The van der Waals surface area contributed by atoms with Gasteiger partial charge in [0.15, 0.2) is 5.56 Å². The number of benzene rings is 2. The van der Waals surface area contributed by atoms with Crippen LogP contribution in [0.25, 0.3) is 0 Å². The maximum atomic E-state index is 12.0. The average Bonchev–Trinajstić information content (AvgIpc) is 2.49. The van der Waals surface area contributed by atoms with E-state index in [-0.39, 0.29) is 28.3 Å². The molecule has 0 saturated heterocycles. The molecule has 8 heteroatoms. The molecule has 22 heavy (non-hydrogen) atoms. The lowest BCUT2D eigenvalue weighted by atomic mass is 10.1. The molecule has 0 heterocycles. The van der Waals surface area contributed by atoms with Crippen molar-refractivity contribution in [1.29, 1.82) is 0 Å². The summed E-state index contributed by atoms with van der Waals surface area (Å²) in [7, 11) is 0. The van der Waals surface area contributed by atoms with Gasteiger partial charge in [-0.2, -0.15) is 0 Å². The van der Waals surface area contributed by atoms with Crippen molar-refractivity contribution in [2.45, 2.75) is 0 Å². The van der Waals surface area contributed by atoms with E-state index in [1.165, 1.54) is 42.5 Å². The third kappa shape index (κ3) is 3.18. The van der Waals surface area contributed by atoms with E-state index in [0.29, 0.717) is 0 Å². The maximum Gasteiger partial charge on any atom is 0.553 e. The molecule has 4 N–H and O–H groups in total. The van der Waals surface area contributed by atoms with Crippen LogP contribution in [0.4, 0.5) is 11.4 Å². The van der Waals surface area contributed by atoms with Gasteiger partial charge in [0.05, 0.1) is 4.92 Å². The molecule has 0 fully saturated rings. The van der Waals surface area contributed by atoms with Crippen molar-refractivity contribution in [3.8, 4) is 5.75 Å². The first-order chi connectivity index (χ1) is 10.4. The first-order valence-electron chi connectivity index (χ1n) is 6.03. The number of hydrogen-bond donors (Lipinski definition) is 2. The van der Waals surface area contributed by atoms with Crippen LogP contribution in [0.1, 0.15) is 20.7 Å². The van der Waals surface area contributed by atoms with Crippen molar-refractivity contribution in [3.05, 3.63) is 63.7 Å². The zero-order valence-electron chi connectivity index (χ0n) is 11.1. The lowest BCUT2D eigenvalue weighted by Crippen LogP contribution is -2.12. The monoisotopic (exact) mass is 303 g/mol. The Morgan fingerprint density at radius 2 is 1.77 bits per heavy atom. The van der Waals surface area contributed by atoms with Crippen molar-refractivity contribution in [2.75, 3.05) is 5.32 Å². The molecule has 0 bridgehead atoms. The predicted octanol–water partition coefficient (Wildman–Crippen LogP) is 1.42. The highest BCUT2D eigenvalue weighted by Gasteiger charge is 2.18. The molecule has 0 aliphatic heterocycles. The average molecular weight is 303 g/mol. The Hall–Kier alpha value is -3.42. The highest BCUT2D eigenvalue weighted by molar-refractivity contribution is 6.05. The number of nitro groups is 1. The molecule has 0 spiro atoms. The predicted molar refractivity (Wildman–Crippen MR) is 77.1 cm³/mol. The summed E-state index contributed by atoms with van der Waals surface area (Å²) in [6.45, 7) is 0. The fraction of sp³-hybridized carbons (Fsp3) is 0. The van der Waals surface area contributed by atoms with E-state index in [0.717, 1.165) is 0 Å². The number of rotatable bonds is 4. The van der Waals surface area contributed by atoms with Gasteiger partial charge in [0.2, 0.25) is 0 Å². The van der Waals surface area contributed by atoms with Crippen molar-refractivity contribution < 1.29 is 24.7 Å². The van der Waals surface area contributed by atoms with Gasteiger partial charge in [-0.1, -0.05) is 0 Å². The third-order valence-electron chi connectivity index (χ3n) is 2.84. The van der Waals surface area contributed by atoms with Gasteiger partial charge >= 0.3 is 5.97 Å². The highest BCUT2D eigenvalue weighted by atomic mass is 16.6. The van der Waals surface area contributed by atoms with Gasteiger partial charge in [0.25, 0.3) is 11.6 Å². The molecule has 2 aromatic rings. The zero-order valence-corrected chi connectivity index (χ0v) is 11.1. The number of amides is 1. The Labute approximate surface area is 123 Å². The summed E-state index contributed by atoms with van der Waals surface area (Å²) in [6.07, 6.45) is 0. The van der Waals surface area contributed by atoms with E-state index < -0.39 is 16.8 Å². The second-order valence-corrected chi connectivity index (χ2v) is 4.32.